The number of H-pyrrole nitrogens is 1. The number of aromatic amines is 1. The van der Waals surface area contributed by atoms with E-state index in [1.165, 1.54) is 6.07 Å². The van der Waals surface area contributed by atoms with Crippen molar-refractivity contribution in [2.45, 2.75) is 26.0 Å². The number of hydrogen-bond donors (Lipinski definition) is 2. The number of likely N-dealkylation sites (N-methyl/N-ethyl adjacent to an activating group) is 1. The Labute approximate surface area is 152 Å². The number of rotatable bonds is 5. The first kappa shape index (κ1) is 18.3. The van der Waals surface area contributed by atoms with Crippen LogP contribution in [0, 0.1) is 6.92 Å². The van der Waals surface area contributed by atoms with Gasteiger partial charge in [0.25, 0.3) is 5.91 Å². The molecule has 1 aliphatic heterocycles. The number of nitrogens with one attached hydrogen (secondary N) is 2. The van der Waals surface area contributed by atoms with Gasteiger partial charge in [0.05, 0.1) is 24.4 Å². The molecule has 0 bridgehead atoms. The molecule has 0 unspecified atom stereocenters. The maximum atomic E-state index is 12.5. The van der Waals surface area contributed by atoms with Crippen LogP contribution < -0.4 is 10.9 Å². The standard InChI is InChI=1S/C18H25N5O3/c1-4-23-7-8-26-15(17(23)14-5-6-20-22(14)3)11-19-18(25)13-9-12(2)21-16(24)10-13/h5-6,9-10,15,17H,4,7-8,11H2,1-3H3,(H,19,25)(H,21,24)/t15-,17-/m0/s1. The lowest BCUT2D eigenvalue weighted by Gasteiger charge is -2.40. The van der Waals surface area contributed by atoms with Crippen LogP contribution in [0.5, 0.6) is 0 Å². The van der Waals surface area contributed by atoms with Crippen LogP contribution in [0.3, 0.4) is 0 Å². The Kier molecular flexibility index (Phi) is 5.53. The number of hydrogen-bond acceptors (Lipinski definition) is 5. The lowest BCUT2D eigenvalue weighted by molar-refractivity contribution is -0.0708. The van der Waals surface area contributed by atoms with E-state index in [1.807, 2.05) is 17.8 Å². The van der Waals surface area contributed by atoms with E-state index in [9.17, 15) is 9.59 Å². The predicted octanol–water partition coefficient (Wildman–Crippen LogP) is 0.609. The summed E-state index contributed by atoms with van der Waals surface area (Å²) in [7, 11) is 1.91. The number of pyridine rings is 1. The molecule has 2 N–H and O–H groups in total. The topological polar surface area (TPSA) is 92.2 Å². The van der Waals surface area contributed by atoms with Crippen LogP contribution in [0.2, 0.25) is 0 Å². The third kappa shape index (κ3) is 3.86. The molecule has 0 saturated carbocycles. The minimum absolute atomic E-state index is 0.0162. The Bertz CT molecular complexity index is 828. The lowest BCUT2D eigenvalue weighted by Crippen LogP contribution is -2.50. The molecule has 8 nitrogen and oxygen atoms in total. The maximum absolute atomic E-state index is 12.5. The largest absolute Gasteiger partial charge is 0.373 e. The summed E-state index contributed by atoms with van der Waals surface area (Å²) < 4.78 is 7.81. The van der Waals surface area contributed by atoms with Gasteiger partial charge in [-0.3, -0.25) is 19.2 Å². The summed E-state index contributed by atoms with van der Waals surface area (Å²) >= 11 is 0. The van der Waals surface area contributed by atoms with Crippen molar-refractivity contribution < 1.29 is 9.53 Å². The molecule has 2 atom stereocenters. The summed E-state index contributed by atoms with van der Waals surface area (Å²) in [4.78, 5) is 29.0. The molecule has 1 fully saturated rings. The maximum Gasteiger partial charge on any atom is 0.251 e. The van der Waals surface area contributed by atoms with Gasteiger partial charge in [0, 0.05) is 43.7 Å². The van der Waals surface area contributed by atoms with Gasteiger partial charge in [-0.25, -0.2) is 0 Å². The van der Waals surface area contributed by atoms with Crippen molar-refractivity contribution in [3.8, 4) is 0 Å². The molecule has 1 amide bonds. The molecule has 2 aromatic rings. The van der Waals surface area contributed by atoms with Crippen molar-refractivity contribution in [2.24, 2.45) is 7.05 Å². The normalized spacial score (nSPS) is 20.9. The average molecular weight is 359 g/mol. The number of amides is 1. The molecule has 140 valence electrons. The van der Waals surface area contributed by atoms with Crippen molar-refractivity contribution in [3.63, 3.8) is 0 Å². The first-order valence-corrected chi connectivity index (χ1v) is 8.82. The third-order valence-electron chi connectivity index (χ3n) is 4.73. The zero-order valence-corrected chi connectivity index (χ0v) is 15.4. The fourth-order valence-electron chi connectivity index (χ4n) is 3.47. The van der Waals surface area contributed by atoms with E-state index < -0.39 is 0 Å². The smallest absolute Gasteiger partial charge is 0.251 e. The summed E-state index contributed by atoms with van der Waals surface area (Å²) in [6.45, 7) is 6.56. The number of morpholine rings is 1. The Balaban J connectivity index is 1.75. The molecule has 0 radical (unpaired) electrons. The second kappa shape index (κ2) is 7.84. The average Bonchev–Trinajstić information content (AvgIpc) is 3.03. The third-order valence-corrected chi connectivity index (χ3v) is 4.73. The zero-order chi connectivity index (χ0) is 18.7. The highest BCUT2D eigenvalue weighted by atomic mass is 16.5. The number of aryl methyl sites for hydroxylation is 2. The van der Waals surface area contributed by atoms with Crippen molar-refractivity contribution in [1.82, 2.24) is 25.0 Å². The number of carbonyl (C=O) groups excluding carboxylic acids is 1. The Hall–Kier alpha value is -2.45. The van der Waals surface area contributed by atoms with Crippen LogP contribution in [-0.4, -0.2) is 57.9 Å². The Morgan fingerprint density at radius 2 is 2.27 bits per heavy atom. The van der Waals surface area contributed by atoms with Crippen molar-refractivity contribution in [3.05, 3.63) is 51.7 Å². The highest BCUT2D eigenvalue weighted by molar-refractivity contribution is 5.94. The van der Waals surface area contributed by atoms with Crippen LogP contribution >= 0.6 is 0 Å². The number of ether oxygens (including phenoxy) is 1. The zero-order valence-electron chi connectivity index (χ0n) is 15.4. The van der Waals surface area contributed by atoms with E-state index in [2.05, 4.69) is 27.2 Å². The summed E-state index contributed by atoms with van der Waals surface area (Å²) in [5.41, 5.74) is 1.78. The van der Waals surface area contributed by atoms with E-state index in [1.54, 1.807) is 19.2 Å². The molecular formula is C18H25N5O3. The monoisotopic (exact) mass is 359 g/mol. The second-order valence-electron chi connectivity index (χ2n) is 6.49. The van der Waals surface area contributed by atoms with Gasteiger partial charge in [-0.15, -0.1) is 0 Å². The molecule has 1 saturated heterocycles. The molecule has 1 aliphatic rings. The van der Waals surface area contributed by atoms with E-state index in [0.717, 1.165) is 18.8 Å². The quantitative estimate of drug-likeness (QED) is 0.816. The first-order chi connectivity index (χ1) is 12.5. The van der Waals surface area contributed by atoms with Crippen LogP contribution in [0.15, 0.2) is 29.2 Å². The van der Waals surface area contributed by atoms with E-state index in [0.29, 0.717) is 24.4 Å². The van der Waals surface area contributed by atoms with Gasteiger partial charge < -0.3 is 15.0 Å². The number of carbonyl (C=O) groups is 1. The molecule has 3 heterocycles. The second-order valence-corrected chi connectivity index (χ2v) is 6.49. The van der Waals surface area contributed by atoms with Gasteiger partial charge in [-0.1, -0.05) is 6.92 Å². The van der Waals surface area contributed by atoms with Crippen LogP contribution in [0.1, 0.15) is 34.7 Å². The highest BCUT2D eigenvalue weighted by Crippen LogP contribution is 2.28. The van der Waals surface area contributed by atoms with Gasteiger partial charge in [-0.2, -0.15) is 5.10 Å². The first-order valence-electron chi connectivity index (χ1n) is 8.82. The minimum Gasteiger partial charge on any atom is -0.373 e. The fourth-order valence-corrected chi connectivity index (χ4v) is 3.47. The Morgan fingerprint density at radius 1 is 1.46 bits per heavy atom. The number of nitrogens with zero attached hydrogens (tertiary/aromatic N) is 3. The highest BCUT2D eigenvalue weighted by Gasteiger charge is 2.34. The predicted molar refractivity (Wildman–Crippen MR) is 97.1 cm³/mol. The van der Waals surface area contributed by atoms with Gasteiger partial charge >= 0.3 is 0 Å². The summed E-state index contributed by atoms with van der Waals surface area (Å²) in [6, 6.07) is 4.97. The van der Waals surface area contributed by atoms with Crippen LogP contribution in [0.25, 0.3) is 0 Å². The van der Waals surface area contributed by atoms with Crippen LogP contribution in [0.4, 0.5) is 0 Å². The lowest BCUT2D eigenvalue weighted by atomic mass is 10.0. The van der Waals surface area contributed by atoms with E-state index in [4.69, 9.17) is 4.74 Å². The Morgan fingerprint density at radius 3 is 2.92 bits per heavy atom. The van der Waals surface area contributed by atoms with E-state index >= 15 is 0 Å². The van der Waals surface area contributed by atoms with Crippen molar-refractivity contribution in [2.75, 3.05) is 26.2 Å². The molecule has 3 rings (SSSR count). The molecule has 0 aromatic carbocycles. The van der Waals surface area contributed by atoms with Crippen molar-refractivity contribution in [1.29, 1.82) is 0 Å². The SMILES string of the molecule is CCN1CCO[C@@H](CNC(=O)c2cc(C)[nH]c(=O)c2)[C@@H]1c1ccnn1C. The number of aromatic nitrogens is 3. The molecule has 8 heteroatoms. The van der Waals surface area contributed by atoms with Gasteiger partial charge in [-0.05, 0) is 25.6 Å². The van der Waals surface area contributed by atoms with Gasteiger partial charge in [0.1, 0.15) is 0 Å². The molecule has 0 aliphatic carbocycles. The van der Waals surface area contributed by atoms with Gasteiger partial charge in [0.15, 0.2) is 0 Å². The van der Waals surface area contributed by atoms with Crippen molar-refractivity contribution >= 4 is 5.91 Å². The van der Waals surface area contributed by atoms with Gasteiger partial charge in [0.2, 0.25) is 5.56 Å². The summed E-state index contributed by atoms with van der Waals surface area (Å²) in [6.07, 6.45) is 1.58. The minimum atomic E-state index is -0.283. The molecule has 26 heavy (non-hydrogen) atoms. The molecule has 0 spiro atoms. The summed E-state index contributed by atoms with van der Waals surface area (Å²) in [5.74, 6) is -0.278. The molecular weight excluding hydrogens is 334 g/mol. The molecule has 2 aromatic heterocycles. The van der Waals surface area contributed by atoms with Crippen LogP contribution in [-0.2, 0) is 11.8 Å². The fraction of sp³-hybridized carbons (Fsp3) is 0.500. The summed E-state index contributed by atoms with van der Waals surface area (Å²) in [5, 5.41) is 7.17. The van der Waals surface area contributed by atoms with E-state index in [-0.39, 0.29) is 23.6 Å².